The second-order valence-corrected chi connectivity index (χ2v) is 4.78. The average Bonchev–Trinajstić information content (AvgIpc) is 2.94. The van der Waals surface area contributed by atoms with Crippen LogP contribution >= 0.6 is 0 Å². The van der Waals surface area contributed by atoms with Gasteiger partial charge in [0.1, 0.15) is 11.5 Å². The third-order valence-corrected chi connectivity index (χ3v) is 3.59. The van der Waals surface area contributed by atoms with Crippen LogP contribution < -0.4 is 5.73 Å². The molecule has 1 aliphatic carbocycles. The first kappa shape index (κ1) is 11.7. The van der Waals surface area contributed by atoms with Crippen LogP contribution in [-0.4, -0.2) is 14.7 Å². The molecule has 1 aliphatic rings. The van der Waals surface area contributed by atoms with E-state index in [2.05, 4.69) is 5.10 Å². The summed E-state index contributed by atoms with van der Waals surface area (Å²) in [5.74, 6) is 0.491. The van der Waals surface area contributed by atoms with Crippen molar-refractivity contribution in [2.24, 2.45) is 0 Å². The van der Waals surface area contributed by atoms with Crippen molar-refractivity contribution in [1.29, 1.82) is 0 Å². The topological polar surface area (TPSA) is 87.0 Å². The number of hydrogen-bond acceptors (Lipinski definition) is 4. The van der Waals surface area contributed by atoms with Crippen molar-refractivity contribution < 1.29 is 4.92 Å². The molecule has 0 spiro atoms. The Kier molecular flexibility index (Phi) is 2.51. The van der Waals surface area contributed by atoms with Crippen molar-refractivity contribution in [3.63, 3.8) is 0 Å². The molecule has 0 atom stereocenters. The third kappa shape index (κ3) is 1.68. The summed E-state index contributed by atoms with van der Waals surface area (Å²) in [6.45, 7) is 1.85. The number of aryl methyl sites for hydroxylation is 1. The number of aromatic nitrogens is 2. The van der Waals surface area contributed by atoms with E-state index in [1.165, 1.54) is 6.07 Å². The fraction of sp³-hybridized carbons (Fsp3) is 0.308. The van der Waals surface area contributed by atoms with E-state index in [1.807, 2.05) is 13.0 Å². The quantitative estimate of drug-likeness (QED) is 0.660. The normalized spacial score (nSPS) is 13.5. The van der Waals surface area contributed by atoms with Crippen LogP contribution in [0.1, 0.15) is 23.2 Å². The molecular formula is C13H14N4O2. The van der Waals surface area contributed by atoms with Gasteiger partial charge in [-0.1, -0.05) is 12.1 Å². The Labute approximate surface area is 110 Å². The summed E-state index contributed by atoms with van der Waals surface area (Å²) < 4.78 is 1.66. The van der Waals surface area contributed by atoms with E-state index in [9.17, 15) is 10.1 Å². The zero-order chi connectivity index (χ0) is 13.6. The summed E-state index contributed by atoms with van der Waals surface area (Å²) in [6, 6.07) is 5.03. The molecule has 1 aromatic carbocycles. The lowest BCUT2D eigenvalue weighted by Gasteiger charge is -2.09. The minimum Gasteiger partial charge on any atom is -0.382 e. The number of nitro groups is 1. The van der Waals surface area contributed by atoms with Gasteiger partial charge in [-0.3, -0.25) is 10.1 Å². The van der Waals surface area contributed by atoms with E-state index in [0.717, 1.165) is 36.1 Å². The fourth-order valence-corrected chi connectivity index (χ4v) is 2.72. The summed E-state index contributed by atoms with van der Waals surface area (Å²) >= 11 is 0. The molecule has 0 unspecified atom stereocenters. The van der Waals surface area contributed by atoms with Gasteiger partial charge in [0.05, 0.1) is 4.92 Å². The summed E-state index contributed by atoms with van der Waals surface area (Å²) in [4.78, 5) is 10.8. The number of nitrogens with two attached hydrogens (primary N) is 1. The molecule has 0 saturated carbocycles. The van der Waals surface area contributed by atoms with Gasteiger partial charge in [-0.15, -0.1) is 5.10 Å². The molecule has 1 aromatic heterocycles. The molecule has 3 rings (SSSR count). The number of rotatable bonds is 2. The molecule has 0 aliphatic heterocycles. The minimum atomic E-state index is -0.373. The van der Waals surface area contributed by atoms with E-state index >= 15 is 0 Å². The molecule has 2 N–H and O–H groups in total. The predicted molar refractivity (Wildman–Crippen MR) is 71.4 cm³/mol. The zero-order valence-electron chi connectivity index (χ0n) is 10.6. The number of para-hydroxylation sites is 1. The highest BCUT2D eigenvalue weighted by Gasteiger charge is 2.26. The van der Waals surface area contributed by atoms with Crippen LogP contribution in [0.25, 0.3) is 5.69 Å². The number of anilines is 1. The second-order valence-electron chi connectivity index (χ2n) is 4.78. The predicted octanol–water partition coefficient (Wildman–Crippen LogP) is 2.16. The number of hydrogen-bond donors (Lipinski definition) is 1. The molecular weight excluding hydrogens is 244 g/mol. The van der Waals surface area contributed by atoms with Gasteiger partial charge in [-0.25, -0.2) is 4.68 Å². The van der Waals surface area contributed by atoms with Crippen LogP contribution in [0.4, 0.5) is 11.5 Å². The molecule has 1 heterocycles. The number of nitrogen functional groups attached to an aromatic ring is 1. The van der Waals surface area contributed by atoms with Gasteiger partial charge in [0, 0.05) is 17.3 Å². The Hall–Kier alpha value is -2.37. The average molecular weight is 258 g/mol. The largest absolute Gasteiger partial charge is 0.382 e. The van der Waals surface area contributed by atoms with Crippen molar-refractivity contribution >= 4 is 11.5 Å². The van der Waals surface area contributed by atoms with Crippen molar-refractivity contribution in [2.45, 2.75) is 26.2 Å². The monoisotopic (exact) mass is 258 g/mol. The molecule has 0 fully saturated rings. The number of benzene rings is 1. The molecule has 98 valence electrons. The summed E-state index contributed by atoms with van der Waals surface area (Å²) in [5, 5.41) is 15.5. The van der Waals surface area contributed by atoms with Gasteiger partial charge in [0.25, 0.3) is 5.69 Å². The Morgan fingerprint density at radius 1 is 1.42 bits per heavy atom. The second kappa shape index (κ2) is 4.08. The number of fused-ring (bicyclic) bond motifs is 1. The van der Waals surface area contributed by atoms with E-state index in [1.54, 1.807) is 10.7 Å². The first-order valence-corrected chi connectivity index (χ1v) is 6.20. The lowest BCUT2D eigenvalue weighted by Crippen LogP contribution is -2.07. The Bertz CT molecular complexity index is 676. The molecule has 6 heteroatoms. The molecule has 2 aromatic rings. The zero-order valence-corrected chi connectivity index (χ0v) is 10.6. The lowest BCUT2D eigenvalue weighted by atomic mass is 10.1. The highest BCUT2D eigenvalue weighted by Crippen LogP contribution is 2.33. The SMILES string of the molecule is Cc1cccc([N+](=O)[O-])c1-n1nc(N)c2c1CCC2. The third-order valence-electron chi connectivity index (χ3n) is 3.59. The van der Waals surface area contributed by atoms with Crippen molar-refractivity contribution in [3.8, 4) is 5.69 Å². The van der Waals surface area contributed by atoms with E-state index in [0.29, 0.717) is 11.5 Å². The highest BCUT2D eigenvalue weighted by atomic mass is 16.6. The van der Waals surface area contributed by atoms with Gasteiger partial charge in [-0.05, 0) is 31.7 Å². The standard InChI is InChI=1S/C13H14N4O2/c1-8-4-2-7-11(17(18)19)12(8)16-10-6-3-5-9(10)13(14)15-16/h2,4,7H,3,5-6H2,1H3,(H2,14,15). The van der Waals surface area contributed by atoms with Crippen LogP contribution in [0.3, 0.4) is 0 Å². The highest BCUT2D eigenvalue weighted by molar-refractivity contribution is 5.60. The maximum Gasteiger partial charge on any atom is 0.295 e. The van der Waals surface area contributed by atoms with Gasteiger partial charge in [0.2, 0.25) is 0 Å². The summed E-state index contributed by atoms with van der Waals surface area (Å²) in [5.41, 5.74) is 9.38. The first-order valence-electron chi connectivity index (χ1n) is 6.20. The van der Waals surface area contributed by atoms with Crippen LogP contribution in [0.15, 0.2) is 18.2 Å². The number of nitro benzene ring substituents is 1. The molecule has 19 heavy (non-hydrogen) atoms. The maximum atomic E-state index is 11.2. The van der Waals surface area contributed by atoms with Crippen LogP contribution in [-0.2, 0) is 12.8 Å². The van der Waals surface area contributed by atoms with E-state index in [4.69, 9.17) is 5.73 Å². The molecule has 0 radical (unpaired) electrons. The lowest BCUT2D eigenvalue weighted by molar-refractivity contribution is -0.384. The summed E-state index contributed by atoms with van der Waals surface area (Å²) in [7, 11) is 0. The van der Waals surface area contributed by atoms with Gasteiger partial charge in [-0.2, -0.15) is 0 Å². The smallest absolute Gasteiger partial charge is 0.295 e. The van der Waals surface area contributed by atoms with Crippen LogP contribution in [0.5, 0.6) is 0 Å². The van der Waals surface area contributed by atoms with Crippen molar-refractivity contribution in [1.82, 2.24) is 9.78 Å². The molecule has 0 amide bonds. The number of nitrogens with zero attached hydrogens (tertiary/aromatic N) is 3. The maximum absolute atomic E-state index is 11.2. The first-order chi connectivity index (χ1) is 9.09. The van der Waals surface area contributed by atoms with Crippen LogP contribution in [0, 0.1) is 17.0 Å². The minimum absolute atomic E-state index is 0.0669. The van der Waals surface area contributed by atoms with Crippen molar-refractivity contribution in [2.75, 3.05) is 5.73 Å². The van der Waals surface area contributed by atoms with Crippen molar-refractivity contribution in [3.05, 3.63) is 45.1 Å². The Balaban J connectivity index is 2.29. The molecule has 0 bridgehead atoms. The molecule has 6 nitrogen and oxygen atoms in total. The molecule has 0 saturated heterocycles. The van der Waals surface area contributed by atoms with Gasteiger partial charge >= 0.3 is 0 Å². The fourth-order valence-electron chi connectivity index (χ4n) is 2.72. The summed E-state index contributed by atoms with van der Waals surface area (Å²) in [6.07, 6.45) is 2.79. The van der Waals surface area contributed by atoms with E-state index in [-0.39, 0.29) is 10.6 Å². The Morgan fingerprint density at radius 3 is 2.95 bits per heavy atom. The van der Waals surface area contributed by atoms with Crippen LogP contribution in [0.2, 0.25) is 0 Å². The van der Waals surface area contributed by atoms with Gasteiger partial charge in [0.15, 0.2) is 0 Å². The van der Waals surface area contributed by atoms with Gasteiger partial charge < -0.3 is 5.73 Å². The Morgan fingerprint density at radius 2 is 2.21 bits per heavy atom. The van der Waals surface area contributed by atoms with E-state index < -0.39 is 0 Å².